The molecule has 3 aromatic carbocycles. The van der Waals surface area contributed by atoms with E-state index in [9.17, 15) is 9.59 Å². The number of fused-ring (bicyclic) bond motifs is 1. The molecule has 1 atom stereocenters. The smallest absolute Gasteiger partial charge is 0.251 e. The van der Waals surface area contributed by atoms with E-state index in [-0.39, 0.29) is 23.6 Å². The number of rotatable bonds is 11. The minimum atomic E-state index is -0.332. The molecule has 190 valence electrons. The highest BCUT2D eigenvalue weighted by atomic mass is 32.2. The Labute approximate surface area is 221 Å². The molecule has 0 fully saturated rings. The van der Waals surface area contributed by atoms with Crippen LogP contribution < -0.4 is 10.6 Å². The molecule has 1 aromatic heterocycles. The Bertz CT molecular complexity index is 1380. The van der Waals surface area contributed by atoms with Gasteiger partial charge in [0.2, 0.25) is 5.91 Å². The van der Waals surface area contributed by atoms with Crippen molar-refractivity contribution >= 4 is 40.0 Å². The van der Waals surface area contributed by atoms with E-state index in [1.165, 1.54) is 11.8 Å². The molecule has 1 heterocycles. The Morgan fingerprint density at radius 2 is 1.73 bits per heavy atom. The van der Waals surface area contributed by atoms with Gasteiger partial charge in [0, 0.05) is 17.8 Å². The highest BCUT2D eigenvalue weighted by molar-refractivity contribution is 7.99. The highest BCUT2D eigenvalue weighted by Gasteiger charge is 2.24. The van der Waals surface area contributed by atoms with Crippen LogP contribution in [0.3, 0.4) is 0 Å². The van der Waals surface area contributed by atoms with Crippen LogP contribution in [0.2, 0.25) is 0 Å². The number of amides is 2. The number of aromatic nitrogens is 3. The number of benzene rings is 3. The maximum Gasteiger partial charge on any atom is 0.251 e. The summed E-state index contributed by atoms with van der Waals surface area (Å²) in [4.78, 5) is 25.6. The van der Waals surface area contributed by atoms with Gasteiger partial charge in [-0.15, -0.1) is 16.8 Å². The lowest BCUT2D eigenvalue weighted by atomic mass is 10.0. The first-order valence-corrected chi connectivity index (χ1v) is 13.2. The molecule has 2 amide bonds. The fourth-order valence-corrected chi connectivity index (χ4v) is 4.85. The number of carbonyl (C=O) groups is 2. The molecule has 0 aliphatic rings. The van der Waals surface area contributed by atoms with Crippen molar-refractivity contribution < 1.29 is 9.59 Å². The summed E-state index contributed by atoms with van der Waals surface area (Å²) in [5.74, 6) is 0.844. The third-order valence-electron chi connectivity index (χ3n) is 5.78. The van der Waals surface area contributed by atoms with Crippen LogP contribution in [0.15, 0.2) is 90.6 Å². The van der Waals surface area contributed by atoms with Crippen LogP contribution in [-0.2, 0) is 11.3 Å². The largest absolute Gasteiger partial charge is 0.342 e. The maximum atomic E-state index is 12.9. The van der Waals surface area contributed by atoms with Crippen molar-refractivity contribution in [2.24, 2.45) is 5.92 Å². The average Bonchev–Trinajstić information content (AvgIpc) is 3.30. The summed E-state index contributed by atoms with van der Waals surface area (Å²) in [5.41, 5.74) is 1.34. The quantitative estimate of drug-likeness (QED) is 0.194. The molecule has 0 radical (unpaired) electrons. The zero-order valence-corrected chi connectivity index (χ0v) is 21.9. The molecule has 0 bridgehead atoms. The molecule has 4 rings (SSSR count). The summed E-state index contributed by atoms with van der Waals surface area (Å²) in [6, 6.07) is 22.7. The number of thioether (sulfide) groups is 1. The van der Waals surface area contributed by atoms with Crippen molar-refractivity contribution in [2.45, 2.75) is 38.0 Å². The predicted molar refractivity (Wildman–Crippen MR) is 150 cm³/mol. The maximum absolute atomic E-state index is 12.9. The number of carbonyl (C=O) groups excluding carboxylic acids is 2. The van der Waals surface area contributed by atoms with Gasteiger partial charge >= 0.3 is 0 Å². The van der Waals surface area contributed by atoms with E-state index in [1.807, 2.05) is 65.2 Å². The number of allylic oxidation sites excluding steroid dienone is 1. The molecule has 0 saturated heterocycles. The van der Waals surface area contributed by atoms with Gasteiger partial charge in [-0.1, -0.05) is 80.2 Å². The van der Waals surface area contributed by atoms with Crippen LogP contribution in [0.5, 0.6) is 0 Å². The zero-order valence-electron chi connectivity index (χ0n) is 21.1. The summed E-state index contributed by atoms with van der Waals surface area (Å²) < 4.78 is 1.92. The third kappa shape index (κ3) is 6.86. The molecule has 2 N–H and O–H groups in total. The molecule has 4 aromatic rings. The van der Waals surface area contributed by atoms with Gasteiger partial charge in [0.15, 0.2) is 11.0 Å². The molecular formula is C29H31N5O2S. The lowest BCUT2D eigenvalue weighted by Crippen LogP contribution is -2.31. The predicted octanol–water partition coefficient (Wildman–Crippen LogP) is 5.87. The van der Waals surface area contributed by atoms with Crippen LogP contribution in [0.1, 0.15) is 42.5 Å². The topological polar surface area (TPSA) is 88.9 Å². The van der Waals surface area contributed by atoms with Gasteiger partial charge in [-0.05, 0) is 47.4 Å². The van der Waals surface area contributed by atoms with Gasteiger partial charge in [-0.2, -0.15) is 0 Å². The minimum Gasteiger partial charge on any atom is -0.342 e. The molecule has 0 aliphatic heterocycles. The SMILES string of the molecule is C=CCn1c(SCC(=O)Nc2ccc3ccccc3c2)nnc1C(CC(C)C)NC(=O)c1ccccc1. The Balaban J connectivity index is 1.47. The van der Waals surface area contributed by atoms with Gasteiger partial charge < -0.3 is 15.2 Å². The monoisotopic (exact) mass is 513 g/mol. The summed E-state index contributed by atoms with van der Waals surface area (Å²) in [7, 11) is 0. The first kappa shape index (κ1) is 26.2. The molecule has 7 nitrogen and oxygen atoms in total. The van der Waals surface area contributed by atoms with Gasteiger partial charge in [-0.3, -0.25) is 9.59 Å². The van der Waals surface area contributed by atoms with Crippen molar-refractivity contribution in [2.75, 3.05) is 11.1 Å². The van der Waals surface area contributed by atoms with Crippen molar-refractivity contribution in [3.8, 4) is 0 Å². The second-order valence-corrected chi connectivity index (χ2v) is 10.1. The van der Waals surface area contributed by atoms with E-state index in [1.54, 1.807) is 18.2 Å². The molecule has 0 saturated carbocycles. The Morgan fingerprint density at radius 1 is 1.00 bits per heavy atom. The van der Waals surface area contributed by atoms with Gasteiger partial charge in [-0.25, -0.2) is 0 Å². The number of hydrogen-bond donors (Lipinski definition) is 2. The molecule has 0 spiro atoms. The molecule has 1 unspecified atom stereocenters. The lowest BCUT2D eigenvalue weighted by Gasteiger charge is -2.21. The van der Waals surface area contributed by atoms with Crippen molar-refractivity contribution in [3.63, 3.8) is 0 Å². The van der Waals surface area contributed by atoms with E-state index in [0.29, 0.717) is 35.4 Å². The fourth-order valence-electron chi connectivity index (χ4n) is 4.09. The minimum absolute atomic E-state index is 0.133. The molecular weight excluding hydrogens is 482 g/mol. The number of anilines is 1. The van der Waals surface area contributed by atoms with Gasteiger partial charge in [0.1, 0.15) is 0 Å². The van der Waals surface area contributed by atoms with Crippen molar-refractivity contribution in [3.05, 3.63) is 96.8 Å². The fraction of sp³-hybridized carbons (Fsp3) is 0.241. The standard InChI is InChI=1S/C29H31N5O2S/c1-4-16-34-27(25(17-20(2)3)31-28(36)22-11-6-5-7-12-22)32-33-29(34)37-19-26(35)30-24-15-14-21-10-8-9-13-23(21)18-24/h4-15,18,20,25H,1,16-17,19H2,2-3H3,(H,30,35)(H,31,36). The number of nitrogens with zero attached hydrogens (tertiary/aromatic N) is 3. The first-order chi connectivity index (χ1) is 17.9. The summed E-state index contributed by atoms with van der Waals surface area (Å²) in [5, 5.41) is 17.7. The first-order valence-electron chi connectivity index (χ1n) is 12.3. The lowest BCUT2D eigenvalue weighted by molar-refractivity contribution is -0.113. The third-order valence-corrected chi connectivity index (χ3v) is 6.75. The van der Waals surface area contributed by atoms with E-state index < -0.39 is 0 Å². The zero-order chi connectivity index (χ0) is 26.2. The number of nitrogens with one attached hydrogen (secondary N) is 2. The van der Waals surface area contributed by atoms with Crippen LogP contribution >= 0.6 is 11.8 Å². The summed E-state index contributed by atoms with van der Waals surface area (Å²) in [6.07, 6.45) is 2.46. The molecule has 37 heavy (non-hydrogen) atoms. The summed E-state index contributed by atoms with van der Waals surface area (Å²) in [6.45, 7) is 8.54. The Hall–Kier alpha value is -3.91. The summed E-state index contributed by atoms with van der Waals surface area (Å²) >= 11 is 1.31. The molecule has 8 heteroatoms. The highest BCUT2D eigenvalue weighted by Crippen LogP contribution is 2.26. The number of hydrogen-bond acceptors (Lipinski definition) is 5. The van der Waals surface area contributed by atoms with E-state index in [2.05, 4.69) is 41.3 Å². The second-order valence-electron chi connectivity index (χ2n) is 9.16. The van der Waals surface area contributed by atoms with Crippen LogP contribution in [0.4, 0.5) is 5.69 Å². The van der Waals surface area contributed by atoms with Crippen molar-refractivity contribution in [1.29, 1.82) is 0 Å². The van der Waals surface area contributed by atoms with Crippen molar-refractivity contribution in [1.82, 2.24) is 20.1 Å². The van der Waals surface area contributed by atoms with E-state index in [0.717, 1.165) is 16.5 Å². The Morgan fingerprint density at radius 3 is 2.46 bits per heavy atom. The molecule has 0 aliphatic carbocycles. The van der Waals surface area contributed by atoms with Crippen LogP contribution in [-0.4, -0.2) is 32.3 Å². The normalized spacial score (nSPS) is 11.9. The van der Waals surface area contributed by atoms with Gasteiger partial charge in [0.25, 0.3) is 5.91 Å². The second kappa shape index (κ2) is 12.4. The Kier molecular flexibility index (Phi) is 8.74. The van der Waals surface area contributed by atoms with Crippen LogP contribution in [0.25, 0.3) is 10.8 Å². The van der Waals surface area contributed by atoms with E-state index >= 15 is 0 Å². The average molecular weight is 514 g/mol. The van der Waals surface area contributed by atoms with Gasteiger partial charge in [0.05, 0.1) is 11.8 Å². The van der Waals surface area contributed by atoms with Crippen LogP contribution in [0, 0.1) is 5.92 Å². The van der Waals surface area contributed by atoms with E-state index in [4.69, 9.17) is 0 Å².